The van der Waals surface area contributed by atoms with E-state index in [1.54, 1.807) is 37.4 Å². The van der Waals surface area contributed by atoms with Crippen LogP contribution in [0, 0.1) is 5.82 Å². The van der Waals surface area contributed by atoms with Crippen LogP contribution < -0.4 is 10.1 Å². The summed E-state index contributed by atoms with van der Waals surface area (Å²) in [5, 5.41) is 3.44. The highest BCUT2D eigenvalue weighted by Gasteiger charge is 2.41. The second kappa shape index (κ2) is 9.59. The van der Waals surface area contributed by atoms with Crippen molar-refractivity contribution in [3.05, 3.63) is 58.9 Å². The summed E-state index contributed by atoms with van der Waals surface area (Å²) in [6.07, 6.45) is 4.39. The molecule has 29 heavy (non-hydrogen) atoms. The highest BCUT2D eigenvalue weighted by molar-refractivity contribution is 6.32. The molecule has 1 aliphatic carbocycles. The number of hydrogen-bond acceptors (Lipinski definition) is 3. The Morgan fingerprint density at radius 3 is 2.48 bits per heavy atom. The lowest BCUT2D eigenvalue weighted by molar-refractivity contribution is -0.122. The molecule has 1 fully saturated rings. The Bertz CT molecular complexity index is 835. The number of amides is 1. The average Bonchev–Trinajstić information content (AvgIpc) is 2.71. The topological polar surface area (TPSA) is 47.6 Å². The van der Waals surface area contributed by atoms with E-state index in [-0.39, 0.29) is 17.8 Å². The van der Waals surface area contributed by atoms with Gasteiger partial charge in [-0.1, -0.05) is 43.0 Å². The fourth-order valence-corrected chi connectivity index (χ4v) is 4.21. The van der Waals surface area contributed by atoms with Crippen molar-refractivity contribution in [1.82, 2.24) is 0 Å². The summed E-state index contributed by atoms with van der Waals surface area (Å²) in [5.74, 6) is 0.159. The first kappa shape index (κ1) is 21.6. The molecule has 1 N–H and O–H groups in total. The van der Waals surface area contributed by atoms with Crippen molar-refractivity contribution in [3.8, 4) is 5.75 Å². The Kier molecular flexibility index (Phi) is 7.14. The normalized spacial score (nSPS) is 16.8. The van der Waals surface area contributed by atoms with Crippen LogP contribution in [0.5, 0.6) is 5.75 Å². The lowest BCUT2D eigenvalue weighted by atomic mass is 9.68. The molecule has 0 aromatic heterocycles. The largest absolute Gasteiger partial charge is 0.487 e. The quantitative estimate of drug-likeness (QED) is 0.623. The summed E-state index contributed by atoms with van der Waals surface area (Å²) >= 11 is 6.35. The molecule has 2 aromatic carbocycles. The van der Waals surface area contributed by atoms with Gasteiger partial charge in [0.15, 0.2) is 0 Å². The van der Waals surface area contributed by atoms with E-state index in [9.17, 15) is 9.18 Å². The number of rotatable bonds is 7. The number of halogens is 2. The lowest BCUT2D eigenvalue weighted by Crippen LogP contribution is -2.42. The van der Waals surface area contributed by atoms with Gasteiger partial charge in [0.1, 0.15) is 17.7 Å². The van der Waals surface area contributed by atoms with Gasteiger partial charge < -0.3 is 14.8 Å². The number of carbonyl (C=O) groups is 1. The summed E-state index contributed by atoms with van der Waals surface area (Å²) in [6, 6.07) is 11.5. The molecule has 156 valence electrons. The maximum Gasteiger partial charge on any atom is 0.235 e. The highest BCUT2D eigenvalue weighted by atomic mass is 35.5. The van der Waals surface area contributed by atoms with Crippen molar-refractivity contribution in [2.24, 2.45) is 0 Å². The molecular weight excluding hydrogens is 393 g/mol. The van der Waals surface area contributed by atoms with Gasteiger partial charge in [0, 0.05) is 12.8 Å². The molecule has 0 heterocycles. The zero-order chi connectivity index (χ0) is 20.9. The minimum atomic E-state index is -0.652. The van der Waals surface area contributed by atoms with Crippen LogP contribution in [0.3, 0.4) is 0 Å². The monoisotopic (exact) mass is 419 g/mol. The Hall–Kier alpha value is -2.11. The van der Waals surface area contributed by atoms with Crippen molar-refractivity contribution in [2.45, 2.75) is 50.5 Å². The number of ether oxygens (including phenoxy) is 2. The van der Waals surface area contributed by atoms with E-state index in [2.05, 4.69) is 5.32 Å². The number of methoxy groups -OCH3 is 1. The number of anilines is 1. The van der Waals surface area contributed by atoms with Crippen LogP contribution in [-0.2, 0) is 14.9 Å². The predicted molar refractivity (Wildman–Crippen MR) is 113 cm³/mol. The lowest BCUT2D eigenvalue weighted by Gasteiger charge is -2.36. The standard InChI is InChI=1S/C23H27ClFNO3/c1-16(15-28-2)29-21-11-10-19(14-20(21)24)26-22(27)23(12-4-3-5-13-23)17-6-8-18(25)9-7-17/h6-11,14,16H,3-5,12-13,15H2,1-2H3,(H,26,27)/t16-/m1/s1. The van der Waals surface area contributed by atoms with Crippen LogP contribution in [0.1, 0.15) is 44.6 Å². The molecule has 0 saturated heterocycles. The van der Waals surface area contributed by atoms with Crippen LogP contribution in [0.4, 0.5) is 10.1 Å². The summed E-state index contributed by atoms with van der Waals surface area (Å²) in [4.78, 5) is 13.3. The van der Waals surface area contributed by atoms with E-state index in [1.807, 2.05) is 6.92 Å². The first-order valence-electron chi connectivity index (χ1n) is 9.97. The van der Waals surface area contributed by atoms with Gasteiger partial charge in [-0.25, -0.2) is 4.39 Å². The van der Waals surface area contributed by atoms with E-state index in [4.69, 9.17) is 21.1 Å². The van der Waals surface area contributed by atoms with Gasteiger partial charge in [-0.2, -0.15) is 0 Å². The zero-order valence-corrected chi connectivity index (χ0v) is 17.6. The third-order valence-corrected chi connectivity index (χ3v) is 5.75. The molecule has 1 aliphatic rings. The first-order chi connectivity index (χ1) is 13.9. The third kappa shape index (κ3) is 5.09. The number of carbonyl (C=O) groups excluding carboxylic acids is 1. The van der Waals surface area contributed by atoms with Crippen molar-refractivity contribution in [1.29, 1.82) is 0 Å². The molecule has 1 saturated carbocycles. The Balaban J connectivity index is 1.79. The average molecular weight is 420 g/mol. The number of benzene rings is 2. The van der Waals surface area contributed by atoms with Crippen LogP contribution in [0.15, 0.2) is 42.5 Å². The Morgan fingerprint density at radius 1 is 1.17 bits per heavy atom. The van der Waals surface area contributed by atoms with Gasteiger partial charge in [-0.3, -0.25) is 4.79 Å². The summed E-state index contributed by atoms with van der Waals surface area (Å²) < 4.78 is 24.2. The summed E-state index contributed by atoms with van der Waals surface area (Å²) in [6.45, 7) is 2.35. The molecule has 6 heteroatoms. The maximum absolute atomic E-state index is 13.4. The van der Waals surface area contributed by atoms with Crippen LogP contribution in [0.2, 0.25) is 5.02 Å². The SMILES string of the molecule is COC[C@@H](C)Oc1ccc(NC(=O)C2(c3ccc(F)cc3)CCCCC2)cc1Cl. The van der Waals surface area contributed by atoms with Crippen molar-refractivity contribution in [2.75, 3.05) is 19.0 Å². The molecule has 3 rings (SSSR count). The minimum Gasteiger partial charge on any atom is -0.487 e. The van der Waals surface area contributed by atoms with E-state index in [0.717, 1.165) is 37.7 Å². The van der Waals surface area contributed by atoms with Crippen molar-refractivity contribution in [3.63, 3.8) is 0 Å². The van der Waals surface area contributed by atoms with Gasteiger partial charge in [0.2, 0.25) is 5.91 Å². The summed E-state index contributed by atoms with van der Waals surface area (Å²) in [5.41, 5.74) is 0.815. The molecule has 2 aromatic rings. The van der Waals surface area contributed by atoms with Gasteiger partial charge in [-0.05, 0) is 55.7 Å². The molecular formula is C23H27ClFNO3. The second-order valence-electron chi connectivity index (χ2n) is 7.63. The molecule has 0 bridgehead atoms. The molecule has 0 radical (unpaired) electrons. The van der Waals surface area contributed by atoms with Crippen LogP contribution >= 0.6 is 11.6 Å². The summed E-state index contributed by atoms with van der Waals surface area (Å²) in [7, 11) is 1.61. The van der Waals surface area contributed by atoms with Crippen molar-refractivity contribution < 1.29 is 18.7 Å². The molecule has 0 spiro atoms. The molecule has 1 atom stereocenters. The second-order valence-corrected chi connectivity index (χ2v) is 8.04. The Labute approximate surface area is 176 Å². The fraction of sp³-hybridized carbons (Fsp3) is 0.435. The molecule has 0 unspecified atom stereocenters. The fourth-order valence-electron chi connectivity index (χ4n) is 3.98. The van der Waals surface area contributed by atoms with Gasteiger partial charge >= 0.3 is 0 Å². The number of hydrogen-bond donors (Lipinski definition) is 1. The van der Waals surface area contributed by atoms with Gasteiger partial charge in [0.05, 0.1) is 17.0 Å². The van der Waals surface area contributed by atoms with Crippen LogP contribution in [-0.4, -0.2) is 25.7 Å². The minimum absolute atomic E-state index is 0.0821. The third-order valence-electron chi connectivity index (χ3n) is 5.46. The van der Waals surface area contributed by atoms with E-state index in [1.165, 1.54) is 12.1 Å². The molecule has 4 nitrogen and oxygen atoms in total. The maximum atomic E-state index is 13.4. The highest BCUT2D eigenvalue weighted by Crippen LogP contribution is 2.41. The van der Waals surface area contributed by atoms with Crippen LogP contribution in [0.25, 0.3) is 0 Å². The van der Waals surface area contributed by atoms with Gasteiger partial charge in [-0.15, -0.1) is 0 Å². The number of nitrogens with one attached hydrogen (secondary N) is 1. The predicted octanol–water partition coefficient (Wildman–Crippen LogP) is 5.73. The molecule has 0 aliphatic heterocycles. The first-order valence-corrected chi connectivity index (χ1v) is 10.3. The van der Waals surface area contributed by atoms with E-state index < -0.39 is 5.41 Å². The van der Waals surface area contributed by atoms with Crippen molar-refractivity contribution >= 4 is 23.2 Å². The molecule has 1 amide bonds. The Morgan fingerprint density at radius 2 is 1.86 bits per heavy atom. The zero-order valence-electron chi connectivity index (χ0n) is 16.8. The van der Waals surface area contributed by atoms with Gasteiger partial charge in [0.25, 0.3) is 0 Å². The van der Waals surface area contributed by atoms with E-state index in [0.29, 0.717) is 23.1 Å². The van der Waals surface area contributed by atoms with E-state index >= 15 is 0 Å². The smallest absolute Gasteiger partial charge is 0.235 e.